The van der Waals surface area contributed by atoms with Gasteiger partial charge in [-0.2, -0.15) is 0 Å². The molecule has 0 bridgehead atoms. The molecule has 0 fully saturated rings. The van der Waals surface area contributed by atoms with Gasteiger partial charge in [0.05, 0.1) is 7.11 Å². The van der Waals surface area contributed by atoms with E-state index >= 15 is 0 Å². The topological polar surface area (TPSA) is 41.9 Å². The molecule has 4 nitrogen and oxygen atoms in total. The van der Waals surface area contributed by atoms with Crippen LogP contribution in [0.1, 0.15) is 11.1 Å². The number of methoxy groups -OCH3 is 1. The van der Waals surface area contributed by atoms with Crippen LogP contribution in [0.25, 0.3) is 0 Å². The van der Waals surface area contributed by atoms with Crippen molar-refractivity contribution in [1.29, 1.82) is 0 Å². The Balaban J connectivity index is 2.00. The molecule has 0 saturated heterocycles. The van der Waals surface area contributed by atoms with Gasteiger partial charge >= 0.3 is 0 Å². The highest BCUT2D eigenvalue weighted by molar-refractivity contribution is 5.94. The number of amides is 1. The van der Waals surface area contributed by atoms with Gasteiger partial charge in [0.1, 0.15) is 12.6 Å². The van der Waals surface area contributed by atoms with Crippen LogP contribution >= 0.6 is 0 Å². The first kappa shape index (κ1) is 10.3. The number of rotatable bonds is 0. The fraction of sp³-hybridized carbons (Fsp3) is 0.385. The fourth-order valence-corrected chi connectivity index (χ4v) is 2.55. The van der Waals surface area contributed by atoms with Crippen molar-refractivity contribution in [1.82, 2.24) is 4.90 Å². The highest BCUT2D eigenvalue weighted by Gasteiger charge is 2.36. The number of nitrogens with zero attached hydrogens (tertiary/aromatic N) is 2. The molecular weight excluding hydrogens is 216 g/mol. The minimum atomic E-state index is -0.0175. The zero-order valence-electron chi connectivity index (χ0n) is 9.72. The SMILES string of the molecule is COC1=NCC(=O)N2Cc3ccccc3CC12. The van der Waals surface area contributed by atoms with Crippen LogP contribution in [0.15, 0.2) is 29.3 Å². The van der Waals surface area contributed by atoms with Crippen LogP contribution in [0.4, 0.5) is 0 Å². The van der Waals surface area contributed by atoms with Crippen molar-refractivity contribution in [2.24, 2.45) is 4.99 Å². The molecule has 1 atom stereocenters. The zero-order valence-corrected chi connectivity index (χ0v) is 9.72. The molecule has 2 heterocycles. The fourth-order valence-electron chi connectivity index (χ4n) is 2.55. The van der Waals surface area contributed by atoms with Gasteiger partial charge in [0.25, 0.3) is 0 Å². The maximum atomic E-state index is 11.9. The molecule has 3 rings (SSSR count). The molecule has 1 unspecified atom stereocenters. The number of ether oxygens (including phenoxy) is 1. The standard InChI is InChI=1S/C13H14N2O2/c1-17-13-11-6-9-4-2-3-5-10(9)8-15(11)12(16)7-14-13/h2-5,11H,6-8H2,1H3. The largest absolute Gasteiger partial charge is 0.483 e. The van der Waals surface area contributed by atoms with Gasteiger partial charge in [-0.25, -0.2) is 4.99 Å². The Labute approximate surface area is 99.9 Å². The lowest BCUT2D eigenvalue weighted by atomic mass is 9.93. The number of aliphatic imine (C=N–C) groups is 1. The molecule has 0 N–H and O–H groups in total. The van der Waals surface area contributed by atoms with E-state index < -0.39 is 0 Å². The zero-order chi connectivity index (χ0) is 11.8. The van der Waals surface area contributed by atoms with E-state index in [-0.39, 0.29) is 18.5 Å². The van der Waals surface area contributed by atoms with Crippen molar-refractivity contribution < 1.29 is 9.53 Å². The lowest BCUT2D eigenvalue weighted by Gasteiger charge is -2.38. The summed E-state index contributed by atoms with van der Waals surface area (Å²) < 4.78 is 5.28. The lowest BCUT2D eigenvalue weighted by molar-refractivity contribution is -0.132. The van der Waals surface area contributed by atoms with Gasteiger partial charge in [0, 0.05) is 13.0 Å². The molecular formula is C13H14N2O2. The molecule has 88 valence electrons. The predicted octanol–water partition coefficient (Wildman–Crippen LogP) is 0.998. The molecule has 0 spiro atoms. The third-order valence-electron chi connectivity index (χ3n) is 3.43. The number of fused-ring (bicyclic) bond motifs is 2. The normalized spacial score (nSPS) is 22.6. The molecule has 2 aliphatic rings. The first-order valence-electron chi connectivity index (χ1n) is 5.74. The second kappa shape index (κ2) is 3.87. The minimum absolute atomic E-state index is 0.0175. The number of carbonyl (C=O) groups excluding carboxylic acids is 1. The van der Waals surface area contributed by atoms with Gasteiger partial charge in [-0.05, 0) is 11.1 Å². The van der Waals surface area contributed by atoms with Crippen molar-refractivity contribution in [3.63, 3.8) is 0 Å². The molecule has 1 aromatic carbocycles. The molecule has 1 amide bonds. The van der Waals surface area contributed by atoms with Gasteiger partial charge < -0.3 is 9.64 Å². The van der Waals surface area contributed by atoms with Crippen LogP contribution in [0.3, 0.4) is 0 Å². The monoisotopic (exact) mass is 230 g/mol. The maximum absolute atomic E-state index is 11.9. The Morgan fingerprint density at radius 1 is 1.35 bits per heavy atom. The van der Waals surface area contributed by atoms with Crippen molar-refractivity contribution in [3.05, 3.63) is 35.4 Å². The summed E-state index contributed by atoms with van der Waals surface area (Å²) >= 11 is 0. The summed E-state index contributed by atoms with van der Waals surface area (Å²) in [6.45, 7) is 0.879. The summed E-state index contributed by atoms with van der Waals surface area (Å²) in [6.07, 6.45) is 0.800. The van der Waals surface area contributed by atoms with Crippen LogP contribution in [0.5, 0.6) is 0 Å². The highest BCUT2D eigenvalue weighted by Crippen LogP contribution is 2.26. The lowest BCUT2D eigenvalue weighted by Crippen LogP contribution is -2.52. The highest BCUT2D eigenvalue weighted by atomic mass is 16.5. The van der Waals surface area contributed by atoms with E-state index in [0.29, 0.717) is 12.4 Å². The Morgan fingerprint density at radius 3 is 2.88 bits per heavy atom. The van der Waals surface area contributed by atoms with Crippen LogP contribution in [-0.4, -0.2) is 36.4 Å². The van der Waals surface area contributed by atoms with Crippen LogP contribution in [0.2, 0.25) is 0 Å². The van der Waals surface area contributed by atoms with Gasteiger partial charge in [-0.1, -0.05) is 24.3 Å². The predicted molar refractivity (Wildman–Crippen MR) is 63.8 cm³/mol. The molecule has 0 radical (unpaired) electrons. The van der Waals surface area contributed by atoms with E-state index in [0.717, 1.165) is 6.42 Å². The van der Waals surface area contributed by atoms with E-state index in [1.165, 1.54) is 11.1 Å². The molecule has 1 aromatic rings. The number of benzene rings is 1. The minimum Gasteiger partial charge on any atom is -0.483 e. The molecule has 17 heavy (non-hydrogen) atoms. The molecule has 4 heteroatoms. The van der Waals surface area contributed by atoms with E-state index in [1.54, 1.807) is 7.11 Å². The van der Waals surface area contributed by atoms with Gasteiger partial charge in [0.15, 0.2) is 0 Å². The van der Waals surface area contributed by atoms with Crippen LogP contribution < -0.4 is 0 Å². The number of carbonyl (C=O) groups is 1. The summed E-state index contributed by atoms with van der Waals surface area (Å²) in [5.74, 6) is 0.768. The average Bonchev–Trinajstić information content (AvgIpc) is 2.38. The quantitative estimate of drug-likeness (QED) is 0.667. The van der Waals surface area contributed by atoms with Crippen molar-refractivity contribution in [2.45, 2.75) is 19.0 Å². The molecule has 0 saturated carbocycles. The second-order valence-electron chi connectivity index (χ2n) is 4.37. The first-order chi connectivity index (χ1) is 8.29. The van der Waals surface area contributed by atoms with Crippen molar-refractivity contribution >= 4 is 11.8 Å². The summed E-state index contributed by atoms with van der Waals surface area (Å²) in [5, 5.41) is 0. The molecule has 0 aliphatic carbocycles. The van der Waals surface area contributed by atoms with Gasteiger partial charge in [-0.15, -0.1) is 0 Å². The van der Waals surface area contributed by atoms with Crippen LogP contribution in [-0.2, 0) is 22.5 Å². The van der Waals surface area contributed by atoms with Gasteiger partial charge in [-0.3, -0.25) is 4.79 Å². The summed E-state index contributed by atoms with van der Waals surface area (Å²) in [5.41, 5.74) is 2.52. The Bertz CT molecular complexity index is 496. The third kappa shape index (κ3) is 1.60. The van der Waals surface area contributed by atoms with Crippen molar-refractivity contribution in [3.8, 4) is 0 Å². The average molecular weight is 230 g/mol. The summed E-state index contributed by atoms with van der Waals surface area (Å²) in [7, 11) is 1.62. The Hall–Kier alpha value is -1.84. The van der Waals surface area contributed by atoms with E-state index in [9.17, 15) is 4.79 Å². The Kier molecular flexibility index (Phi) is 2.35. The summed E-state index contributed by atoms with van der Waals surface area (Å²) in [6, 6.07) is 8.22. The summed E-state index contributed by atoms with van der Waals surface area (Å²) in [4.78, 5) is 17.9. The molecule has 2 aliphatic heterocycles. The smallest absolute Gasteiger partial charge is 0.245 e. The molecule has 0 aromatic heterocycles. The Morgan fingerprint density at radius 2 is 2.12 bits per heavy atom. The van der Waals surface area contributed by atoms with Crippen LogP contribution in [0, 0.1) is 0 Å². The number of hydrogen-bond donors (Lipinski definition) is 0. The first-order valence-corrected chi connectivity index (χ1v) is 5.74. The van der Waals surface area contributed by atoms with E-state index in [4.69, 9.17) is 4.74 Å². The number of hydrogen-bond acceptors (Lipinski definition) is 3. The second-order valence-corrected chi connectivity index (χ2v) is 4.37. The third-order valence-corrected chi connectivity index (χ3v) is 3.43. The van der Waals surface area contributed by atoms with Gasteiger partial charge in [0.2, 0.25) is 11.8 Å². The van der Waals surface area contributed by atoms with E-state index in [2.05, 4.69) is 17.1 Å². The van der Waals surface area contributed by atoms with Crippen molar-refractivity contribution in [2.75, 3.05) is 13.7 Å². The van der Waals surface area contributed by atoms with E-state index in [1.807, 2.05) is 17.0 Å². The maximum Gasteiger partial charge on any atom is 0.245 e.